The Morgan fingerprint density at radius 3 is 2.00 bits per heavy atom. The van der Waals surface area contributed by atoms with Crippen LogP contribution in [0.15, 0.2) is 0 Å². The van der Waals surface area contributed by atoms with Gasteiger partial charge in [-0.1, -0.05) is 22.9 Å². The van der Waals surface area contributed by atoms with Crippen LogP contribution in [0.3, 0.4) is 0 Å². The van der Waals surface area contributed by atoms with Crippen molar-refractivity contribution in [2.75, 3.05) is 27.7 Å². The Morgan fingerprint density at radius 2 is 1.73 bits per heavy atom. The van der Waals surface area contributed by atoms with E-state index in [1.165, 1.54) is 19.4 Å². The molecule has 0 N–H and O–H groups in total. The predicted octanol–water partition coefficient (Wildman–Crippen LogP) is -0.740. The molecule has 0 saturated carbocycles. The summed E-state index contributed by atoms with van der Waals surface area (Å²) in [5.41, 5.74) is 0. The van der Waals surface area contributed by atoms with Gasteiger partial charge in [-0.15, -0.1) is 0 Å². The van der Waals surface area contributed by atoms with Crippen molar-refractivity contribution >= 4 is 15.9 Å². The minimum Gasteiger partial charge on any atom is -1.00 e. The summed E-state index contributed by atoms with van der Waals surface area (Å²) >= 11 is 3.54. The van der Waals surface area contributed by atoms with Gasteiger partial charge in [-0.25, -0.2) is 0 Å². The molecule has 0 radical (unpaired) electrons. The lowest BCUT2D eigenvalue weighted by molar-refractivity contribution is -0.870. The predicted molar refractivity (Wildman–Crippen MR) is 50.5 cm³/mol. The van der Waals surface area contributed by atoms with Crippen molar-refractivity contribution < 1.29 is 21.5 Å². The first-order chi connectivity index (χ1) is 4.42. The van der Waals surface area contributed by atoms with E-state index in [0.717, 1.165) is 4.48 Å². The standard InChI is InChI=1S/C8H19BrN.BrH/c1-8(9)6-5-7-10(2,3)4;/h8H,5-7H2,1-4H3;1H/q+1;/p-1. The van der Waals surface area contributed by atoms with Crippen LogP contribution < -0.4 is 17.0 Å². The molecule has 0 saturated heterocycles. The Kier molecular flexibility index (Phi) is 8.45. The molecule has 0 aliphatic heterocycles. The number of alkyl halides is 1. The summed E-state index contributed by atoms with van der Waals surface area (Å²) in [5, 5.41) is 0. The minimum absolute atomic E-state index is 0. The summed E-state index contributed by atoms with van der Waals surface area (Å²) in [5.74, 6) is 0. The van der Waals surface area contributed by atoms with Gasteiger partial charge in [0.2, 0.25) is 0 Å². The van der Waals surface area contributed by atoms with Gasteiger partial charge in [-0.2, -0.15) is 0 Å². The average molecular weight is 289 g/mol. The van der Waals surface area contributed by atoms with Crippen molar-refractivity contribution in [3.05, 3.63) is 0 Å². The first kappa shape index (κ1) is 14.4. The fraction of sp³-hybridized carbons (Fsp3) is 1.00. The van der Waals surface area contributed by atoms with Crippen LogP contribution in [-0.2, 0) is 0 Å². The van der Waals surface area contributed by atoms with E-state index < -0.39 is 0 Å². The van der Waals surface area contributed by atoms with Gasteiger partial charge in [0.25, 0.3) is 0 Å². The molecule has 0 aromatic rings. The van der Waals surface area contributed by atoms with Crippen LogP contribution in [0.5, 0.6) is 0 Å². The normalized spacial score (nSPS) is 13.9. The number of nitrogens with zero attached hydrogens (tertiary/aromatic N) is 1. The third-order valence-corrected chi connectivity index (χ3v) is 1.89. The van der Waals surface area contributed by atoms with Crippen molar-refractivity contribution in [3.63, 3.8) is 0 Å². The first-order valence-corrected chi connectivity index (χ1v) is 4.78. The first-order valence-electron chi connectivity index (χ1n) is 3.86. The summed E-state index contributed by atoms with van der Waals surface area (Å²) in [7, 11) is 6.71. The lowest BCUT2D eigenvalue weighted by atomic mass is 10.2. The van der Waals surface area contributed by atoms with E-state index in [2.05, 4.69) is 44.0 Å². The quantitative estimate of drug-likeness (QED) is 0.472. The second-order valence-electron chi connectivity index (χ2n) is 3.94. The molecule has 1 unspecified atom stereocenters. The van der Waals surface area contributed by atoms with Gasteiger partial charge in [0, 0.05) is 4.83 Å². The number of quaternary nitrogens is 1. The van der Waals surface area contributed by atoms with Gasteiger partial charge in [0.15, 0.2) is 0 Å². The smallest absolute Gasteiger partial charge is 0.0780 e. The van der Waals surface area contributed by atoms with Crippen molar-refractivity contribution in [1.82, 2.24) is 0 Å². The van der Waals surface area contributed by atoms with Gasteiger partial charge in [-0.05, 0) is 12.8 Å². The average Bonchev–Trinajstić information content (AvgIpc) is 1.59. The zero-order chi connectivity index (χ0) is 8.20. The largest absolute Gasteiger partial charge is 1.00 e. The molecule has 1 nitrogen and oxygen atoms in total. The number of hydrogen-bond donors (Lipinski definition) is 0. The van der Waals surface area contributed by atoms with E-state index >= 15 is 0 Å². The second-order valence-corrected chi connectivity index (χ2v) is 5.50. The van der Waals surface area contributed by atoms with Gasteiger partial charge in [0.05, 0.1) is 27.7 Å². The van der Waals surface area contributed by atoms with Gasteiger partial charge >= 0.3 is 0 Å². The summed E-state index contributed by atoms with van der Waals surface area (Å²) in [4.78, 5) is 0.680. The molecule has 70 valence electrons. The lowest BCUT2D eigenvalue weighted by Gasteiger charge is -2.23. The van der Waals surface area contributed by atoms with Crippen molar-refractivity contribution in [2.45, 2.75) is 24.6 Å². The second kappa shape index (κ2) is 6.44. The zero-order valence-electron chi connectivity index (χ0n) is 7.90. The number of hydrogen-bond acceptors (Lipinski definition) is 0. The highest BCUT2D eigenvalue weighted by molar-refractivity contribution is 9.09. The van der Waals surface area contributed by atoms with E-state index in [1.54, 1.807) is 0 Å². The highest BCUT2D eigenvalue weighted by atomic mass is 79.9. The molecule has 0 amide bonds. The fourth-order valence-corrected chi connectivity index (χ4v) is 1.17. The molecule has 0 bridgehead atoms. The molecule has 0 fully saturated rings. The van der Waals surface area contributed by atoms with E-state index in [-0.39, 0.29) is 17.0 Å². The Labute approximate surface area is 89.6 Å². The molecule has 0 aliphatic rings. The molecule has 0 aliphatic carbocycles. The Balaban J connectivity index is 0. The SMILES string of the molecule is CC(Br)CCC[N+](C)(C)C.[Br-]. The van der Waals surface area contributed by atoms with Crippen LogP contribution in [0.4, 0.5) is 0 Å². The Morgan fingerprint density at radius 1 is 1.27 bits per heavy atom. The van der Waals surface area contributed by atoms with Crippen molar-refractivity contribution in [3.8, 4) is 0 Å². The number of rotatable bonds is 4. The van der Waals surface area contributed by atoms with Crippen LogP contribution in [0, 0.1) is 0 Å². The molecule has 11 heavy (non-hydrogen) atoms. The summed E-state index contributed by atoms with van der Waals surface area (Å²) in [6.45, 7) is 3.48. The van der Waals surface area contributed by atoms with Crippen LogP contribution >= 0.6 is 15.9 Å². The van der Waals surface area contributed by atoms with E-state index in [1.807, 2.05) is 0 Å². The lowest BCUT2D eigenvalue weighted by Crippen LogP contribution is -3.00. The van der Waals surface area contributed by atoms with Crippen LogP contribution in [0.1, 0.15) is 19.8 Å². The van der Waals surface area contributed by atoms with Gasteiger partial charge in [-0.3, -0.25) is 0 Å². The zero-order valence-corrected chi connectivity index (χ0v) is 11.1. The molecular weight excluding hydrogens is 270 g/mol. The van der Waals surface area contributed by atoms with E-state index in [9.17, 15) is 0 Å². The van der Waals surface area contributed by atoms with Crippen LogP contribution in [0.25, 0.3) is 0 Å². The molecule has 0 rings (SSSR count). The molecule has 3 heteroatoms. The summed E-state index contributed by atoms with van der Waals surface area (Å²) < 4.78 is 1.08. The maximum atomic E-state index is 3.54. The molecule has 0 heterocycles. The number of halogens is 2. The van der Waals surface area contributed by atoms with Crippen molar-refractivity contribution in [1.29, 1.82) is 0 Å². The Hall–Kier alpha value is 0.920. The highest BCUT2D eigenvalue weighted by Gasteiger charge is 2.06. The monoisotopic (exact) mass is 287 g/mol. The molecule has 1 atom stereocenters. The molecule has 0 aromatic carbocycles. The van der Waals surface area contributed by atoms with Crippen molar-refractivity contribution in [2.24, 2.45) is 0 Å². The van der Waals surface area contributed by atoms with Gasteiger partial charge < -0.3 is 21.5 Å². The van der Waals surface area contributed by atoms with Crippen LogP contribution in [-0.4, -0.2) is 37.0 Å². The summed E-state index contributed by atoms with van der Waals surface area (Å²) in [6.07, 6.45) is 2.60. The third kappa shape index (κ3) is 13.9. The van der Waals surface area contributed by atoms with Gasteiger partial charge in [0.1, 0.15) is 0 Å². The molecule has 0 spiro atoms. The molecule has 0 aromatic heterocycles. The van der Waals surface area contributed by atoms with E-state index in [4.69, 9.17) is 0 Å². The minimum atomic E-state index is 0. The maximum Gasteiger partial charge on any atom is 0.0780 e. The Bertz CT molecular complexity index is 86.6. The maximum absolute atomic E-state index is 3.54. The topological polar surface area (TPSA) is 0 Å². The highest BCUT2D eigenvalue weighted by Crippen LogP contribution is 2.07. The molecular formula is C8H19Br2N. The van der Waals surface area contributed by atoms with E-state index in [0.29, 0.717) is 4.83 Å². The van der Waals surface area contributed by atoms with Crippen LogP contribution in [0.2, 0.25) is 0 Å². The third-order valence-electron chi connectivity index (χ3n) is 1.43. The fourth-order valence-electron chi connectivity index (χ4n) is 0.847. The summed E-state index contributed by atoms with van der Waals surface area (Å²) in [6, 6.07) is 0.